The van der Waals surface area contributed by atoms with E-state index in [2.05, 4.69) is 0 Å². The Kier molecular flexibility index (Phi) is 5.55. The number of rotatable bonds is 5. The van der Waals surface area contributed by atoms with Crippen molar-refractivity contribution < 1.29 is 27.8 Å². The molecule has 0 spiro atoms. The third-order valence-electron chi connectivity index (χ3n) is 3.65. The molecule has 0 unspecified atom stereocenters. The summed E-state index contributed by atoms with van der Waals surface area (Å²) in [5.74, 6) is -0.150. The standard InChI is InChI=1S/C15H18F3NO3/c16-15(17,18)14(21)9-19-6-7-22-10-12(19)8-13(20)11-4-2-1-3-5-11/h1-5,12,14,21H,6-10H2/t12-,14-/m0/s1. The molecule has 0 saturated carbocycles. The summed E-state index contributed by atoms with van der Waals surface area (Å²) in [7, 11) is 0. The summed E-state index contributed by atoms with van der Waals surface area (Å²) >= 11 is 0. The number of ether oxygens (including phenoxy) is 1. The van der Waals surface area contributed by atoms with Crippen LogP contribution in [0, 0.1) is 0 Å². The van der Waals surface area contributed by atoms with Gasteiger partial charge < -0.3 is 9.84 Å². The van der Waals surface area contributed by atoms with Crippen LogP contribution in [-0.4, -0.2) is 60.4 Å². The number of aliphatic hydroxyl groups is 1. The molecule has 7 heteroatoms. The highest BCUT2D eigenvalue weighted by atomic mass is 19.4. The fourth-order valence-corrected chi connectivity index (χ4v) is 2.40. The van der Waals surface area contributed by atoms with E-state index in [1.165, 1.54) is 4.90 Å². The van der Waals surface area contributed by atoms with Crippen LogP contribution in [0.15, 0.2) is 30.3 Å². The van der Waals surface area contributed by atoms with E-state index in [1.807, 2.05) is 0 Å². The zero-order valence-electron chi connectivity index (χ0n) is 11.9. The SMILES string of the molecule is O=C(C[C@H]1COCCN1C[C@H](O)C(F)(F)F)c1ccccc1. The minimum absolute atomic E-state index is 0.0641. The molecule has 1 aromatic rings. The summed E-state index contributed by atoms with van der Waals surface area (Å²) in [6, 6.07) is 8.12. The maximum atomic E-state index is 12.5. The van der Waals surface area contributed by atoms with E-state index in [4.69, 9.17) is 4.74 Å². The average Bonchev–Trinajstić information content (AvgIpc) is 2.49. The maximum Gasteiger partial charge on any atom is 0.415 e. The van der Waals surface area contributed by atoms with Gasteiger partial charge in [0, 0.05) is 31.1 Å². The molecule has 1 N–H and O–H groups in total. The molecule has 1 heterocycles. The first-order chi connectivity index (χ1) is 10.4. The number of nitrogens with zero attached hydrogens (tertiary/aromatic N) is 1. The predicted octanol–water partition coefficient (Wildman–Crippen LogP) is 1.88. The third kappa shape index (κ3) is 4.53. The highest BCUT2D eigenvalue weighted by Gasteiger charge is 2.40. The quantitative estimate of drug-likeness (QED) is 0.843. The molecule has 2 atom stereocenters. The van der Waals surface area contributed by atoms with Gasteiger partial charge in [0.2, 0.25) is 0 Å². The molecular formula is C15H18F3NO3. The van der Waals surface area contributed by atoms with Gasteiger partial charge in [-0.3, -0.25) is 9.69 Å². The number of carbonyl (C=O) groups is 1. The van der Waals surface area contributed by atoms with Crippen LogP contribution >= 0.6 is 0 Å². The van der Waals surface area contributed by atoms with E-state index in [0.29, 0.717) is 12.2 Å². The number of β-amino-alcohol motifs (C(OH)–C–C–N with tert-alkyl or cyclic N) is 1. The molecule has 0 aromatic heterocycles. The van der Waals surface area contributed by atoms with Gasteiger partial charge in [-0.1, -0.05) is 30.3 Å². The molecule has 122 valence electrons. The molecule has 1 saturated heterocycles. The number of ketones is 1. The van der Waals surface area contributed by atoms with Crippen LogP contribution in [0.25, 0.3) is 0 Å². The number of aliphatic hydroxyl groups excluding tert-OH is 1. The first kappa shape index (κ1) is 16.9. The fourth-order valence-electron chi connectivity index (χ4n) is 2.40. The molecule has 1 aliphatic heterocycles. The van der Waals surface area contributed by atoms with Crippen molar-refractivity contribution in [1.29, 1.82) is 0 Å². The summed E-state index contributed by atoms with van der Waals surface area (Å²) < 4.78 is 42.7. The second-order valence-corrected chi connectivity index (χ2v) is 5.27. The molecule has 0 aliphatic carbocycles. The molecule has 0 bridgehead atoms. The van der Waals surface area contributed by atoms with Gasteiger partial charge in [0.15, 0.2) is 11.9 Å². The van der Waals surface area contributed by atoms with Gasteiger partial charge in [0.25, 0.3) is 0 Å². The van der Waals surface area contributed by atoms with Crippen molar-refractivity contribution in [3.8, 4) is 0 Å². The van der Waals surface area contributed by atoms with Crippen LogP contribution in [0.2, 0.25) is 0 Å². The summed E-state index contributed by atoms with van der Waals surface area (Å²) in [5, 5.41) is 9.21. The Morgan fingerprint density at radius 3 is 2.68 bits per heavy atom. The topological polar surface area (TPSA) is 49.8 Å². The van der Waals surface area contributed by atoms with Crippen molar-refractivity contribution >= 4 is 5.78 Å². The molecule has 2 rings (SSSR count). The van der Waals surface area contributed by atoms with Crippen LogP contribution < -0.4 is 0 Å². The summed E-state index contributed by atoms with van der Waals surface area (Å²) in [6.45, 7) is 0.198. The Morgan fingerprint density at radius 2 is 2.05 bits per heavy atom. The zero-order chi connectivity index (χ0) is 16.2. The second kappa shape index (κ2) is 7.21. The molecule has 4 nitrogen and oxygen atoms in total. The normalized spacial score (nSPS) is 21.5. The van der Waals surface area contributed by atoms with Crippen LogP contribution in [0.4, 0.5) is 13.2 Å². The number of hydrogen-bond acceptors (Lipinski definition) is 4. The Morgan fingerprint density at radius 1 is 1.36 bits per heavy atom. The van der Waals surface area contributed by atoms with Gasteiger partial charge in [-0.25, -0.2) is 0 Å². The number of morpholine rings is 1. The van der Waals surface area contributed by atoms with Crippen molar-refractivity contribution in [2.75, 3.05) is 26.3 Å². The van der Waals surface area contributed by atoms with Crippen LogP contribution in [0.5, 0.6) is 0 Å². The predicted molar refractivity (Wildman–Crippen MR) is 73.6 cm³/mol. The third-order valence-corrected chi connectivity index (χ3v) is 3.65. The van der Waals surface area contributed by atoms with Crippen molar-refractivity contribution in [2.45, 2.75) is 24.7 Å². The second-order valence-electron chi connectivity index (χ2n) is 5.27. The van der Waals surface area contributed by atoms with E-state index in [0.717, 1.165) is 0 Å². The van der Waals surface area contributed by atoms with E-state index in [1.54, 1.807) is 30.3 Å². The molecule has 0 radical (unpaired) electrons. The van der Waals surface area contributed by atoms with Crippen LogP contribution in [-0.2, 0) is 4.74 Å². The Labute approximate surface area is 126 Å². The largest absolute Gasteiger partial charge is 0.415 e. The van der Waals surface area contributed by atoms with Gasteiger partial charge in [-0.2, -0.15) is 13.2 Å². The smallest absolute Gasteiger partial charge is 0.382 e. The number of carbonyl (C=O) groups excluding carboxylic acids is 1. The molecular weight excluding hydrogens is 299 g/mol. The molecule has 1 fully saturated rings. The summed E-state index contributed by atoms with van der Waals surface area (Å²) in [5.41, 5.74) is 0.518. The average molecular weight is 317 g/mol. The molecule has 0 amide bonds. The zero-order valence-corrected chi connectivity index (χ0v) is 11.9. The monoisotopic (exact) mass is 317 g/mol. The van der Waals surface area contributed by atoms with E-state index < -0.39 is 24.9 Å². The molecule has 1 aliphatic rings. The van der Waals surface area contributed by atoms with Gasteiger partial charge in [0.05, 0.1) is 13.2 Å². The van der Waals surface area contributed by atoms with Crippen LogP contribution in [0.1, 0.15) is 16.8 Å². The number of alkyl halides is 3. The van der Waals surface area contributed by atoms with Crippen molar-refractivity contribution in [3.05, 3.63) is 35.9 Å². The van der Waals surface area contributed by atoms with Crippen molar-refractivity contribution in [3.63, 3.8) is 0 Å². The minimum Gasteiger partial charge on any atom is -0.382 e. The number of halogens is 3. The lowest BCUT2D eigenvalue weighted by atomic mass is 10.0. The lowest BCUT2D eigenvalue weighted by molar-refractivity contribution is -0.212. The molecule has 22 heavy (non-hydrogen) atoms. The van der Waals surface area contributed by atoms with E-state index in [9.17, 15) is 23.1 Å². The minimum atomic E-state index is -4.66. The Bertz CT molecular complexity index is 493. The van der Waals surface area contributed by atoms with Crippen molar-refractivity contribution in [2.24, 2.45) is 0 Å². The van der Waals surface area contributed by atoms with Crippen molar-refractivity contribution in [1.82, 2.24) is 4.90 Å². The number of benzene rings is 1. The van der Waals surface area contributed by atoms with Gasteiger partial charge in [-0.15, -0.1) is 0 Å². The summed E-state index contributed by atoms with van der Waals surface area (Å²) in [4.78, 5) is 13.6. The van der Waals surface area contributed by atoms with Gasteiger partial charge in [0.1, 0.15) is 0 Å². The van der Waals surface area contributed by atoms with Gasteiger partial charge in [-0.05, 0) is 0 Å². The Balaban J connectivity index is 1.99. The molecule has 1 aromatic carbocycles. The number of Topliss-reactive ketones (excluding diaryl/α,β-unsaturated/α-hetero) is 1. The first-order valence-corrected chi connectivity index (χ1v) is 7.02. The summed E-state index contributed by atoms with van der Waals surface area (Å²) in [6.07, 6.45) is -7.01. The van der Waals surface area contributed by atoms with E-state index in [-0.39, 0.29) is 25.4 Å². The maximum absolute atomic E-state index is 12.5. The number of hydrogen-bond donors (Lipinski definition) is 1. The fraction of sp³-hybridized carbons (Fsp3) is 0.533. The lowest BCUT2D eigenvalue weighted by Crippen LogP contribution is -2.51. The highest BCUT2D eigenvalue weighted by Crippen LogP contribution is 2.23. The lowest BCUT2D eigenvalue weighted by Gasteiger charge is -2.36. The van der Waals surface area contributed by atoms with Crippen LogP contribution in [0.3, 0.4) is 0 Å². The first-order valence-electron chi connectivity index (χ1n) is 7.02. The van der Waals surface area contributed by atoms with Gasteiger partial charge >= 0.3 is 6.18 Å². The Hall–Kier alpha value is -1.44. The van der Waals surface area contributed by atoms with E-state index >= 15 is 0 Å². The highest BCUT2D eigenvalue weighted by molar-refractivity contribution is 5.96.